The molecule has 0 aliphatic carbocycles. The van der Waals surface area contributed by atoms with Gasteiger partial charge in [0.2, 0.25) is 29.5 Å². The molecule has 1 fully saturated rings. The molecule has 16 heteroatoms. The second kappa shape index (κ2) is 19.6. The van der Waals surface area contributed by atoms with E-state index in [4.69, 9.17) is 22.9 Å². The number of fused-ring (bicyclic) bond motifs is 2. The van der Waals surface area contributed by atoms with Crippen molar-refractivity contribution in [3.8, 4) is 0 Å². The van der Waals surface area contributed by atoms with Crippen LogP contribution in [0.25, 0.3) is 21.5 Å². The largest absolute Gasteiger partial charge is 0.370 e. The first-order valence-corrected chi connectivity index (χ1v) is 18.5. The maximum atomic E-state index is 14.0. The van der Waals surface area contributed by atoms with Gasteiger partial charge in [-0.15, -0.1) is 0 Å². The molecule has 13 N–H and O–H groups in total. The van der Waals surface area contributed by atoms with Crippen LogP contribution in [0.4, 0.5) is 0 Å². The molecule has 1 aliphatic heterocycles. The minimum atomic E-state index is -1.15. The molecule has 0 bridgehead atoms. The van der Waals surface area contributed by atoms with E-state index in [1.54, 1.807) is 0 Å². The van der Waals surface area contributed by atoms with Crippen LogP contribution in [0.15, 0.2) is 94.9 Å². The number of benzene rings is 4. The number of guanidine groups is 2. The molecule has 5 amide bonds. The summed E-state index contributed by atoms with van der Waals surface area (Å²) in [6.45, 7) is -0.136. The zero-order valence-corrected chi connectivity index (χ0v) is 31.0. The molecule has 1 heterocycles. The molecule has 4 aromatic carbocycles. The van der Waals surface area contributed by atoms with Gasteiger partial charge in [-0.25, -0.2) is 0 Å². The summed E-state index contributed by atoms with van der Waals surface area (Å²) in [5.74, 6) is -3.48. The van der Waals surface area contributed by atoms with Crippen molar-refractivity contribution in [1.29, 1.82) is 0 Å². The van der Waals surface area contributed by atoms with Gasteiger partial charge in [0.25, 0.3) is 0 Å². The van der Waals surface area contributed by atoms with Crippen LogP contribution in [0.3, 0.4) is 0 Å². The van der Waals surface area contributed by atoms with Crippen LogP contribution in [-0.4, -0.2) is 85.3 Å². The topological polar surface area (TPSA) is 274 Å². The molecule has 4 atom stereocenters. The first-order valence-electron chi connectivity index (χ1n) is 18.5. The third-order valence-electron chi connectivity index (χ3n) is 9.37. The molecular weight excluding hydrogens is 715 g/mol. The lowest BCUT2D eigenvalue weighted by Gasteiger charge is -2.26. The highest BCUT2D eigenvalue weighted by Crippen LogP contribution is 2.19. The smallest absolute Gasteiger partial charge is 0.243 e. The number of nitrogens with two attached hydrogens (primary N) is 4. The molecule has 294 valence electrons. The minimum absolute atomic E-state index is 0.0801. The molecule has 0 radical (unpaired) electrons. The summed E-state index contributed by atoms with van der Waals surface area (Å²) in [6, 6.07) is 22.3. The van der Waals surface area contributed by atoms with E-state index in [1.165, 1.54) is 0 Å². The van der Waals surface area contributed by atoms with Gasteiger partial charge in [-0.05, 0) is 58.4 Å². The van der Waals surface area contributed by atoms with Crippen molar-refractivity contribution >= 4 is 63.0 Å². The Morgan fingerprint density at radius 1 is 0.518 bits per heavy atom. The average Bonchev–Trinajstić information content (AvgIpc) is 3.18. The molecule has 0 saturated carbocycles. The minimum Gasteiger partial charge on any atom is -0.370 e. The predicted octanol–water partition coefficient (Wildman–Crippen LogP) is -0.0456. The Kier molecular flexibility index (Phi) is 14.1. The van der Waals surface area contributed by atoms with Crippen molar-refractivity contribution in [3.63, 3.8) is 0 Å². The van der Waals surface area contributed by atoms with E-state index in [-0.39, 0.29) is 50.7 Å². The predicted molar refractivity (Wildman–Crippen MR) is 216 cm³/mol. The van der Waals surface area contributed by atoms with Gasteiger partial charge < -0.3 is 49.5 Å². The van der Waals surface area contributed by atoms with Gasteiger partial charge >= 0.3 is 0 Å². The van der Waals surface area contributed by atoms with Crippen molar-refractivity contribution in [3.05, 3.63) is 96.1 Å². The molecule has 5 rings (SSSR count). The summed E-state index contributed by atoms with van der Waals surface area (Å²) < 4.78 is 0. The fraction of sp³-hybridized carbons (Fsp3) is 0.325. The molecule has 16 nitrogen and oxygen atoms in total. The second-order valence-corrected chi connectivity index (χ2v) is 13.7. The van der Waals surface area contributed by atoms with Gasteiger partial charge in [-0.1, -0.05) is 84.9 Å². The van der Waals surface area contributed by atoms with Gasteiger partial charge in [0.15, 0.2) is 11.9 Å². The van der Waals surface area contributed by atoms with E-state index in [2.05, 4.69) is 36.6 Å². The van der Waals surface area contributed by atoms with Gasteiger partial charge in [-0.3, -0.25) is 34.0 Å². The highest BCUT2D eigenvalue weighted by atomic mass is 16.2. The molecule has 1 aliphatic rings. The lowest BCUT2D eigenvalue weighted by atomic mass is 10.00. The number of hydrogen-bond acceptors (Lipinski definition) is 7. The fourth-order valence-electron chi connectivity index (χ4n) is 6.52. The van der Waals surface area contributed by atoms with E-state index in [0.717, 1.165) is 32.7 Å². The van der Waals surface area contributed by atoms with Crippen molar-refractivity contribution in [1.82, 2.24) is 26.6 Å². The third kappa shape index (κ3) is 11.9. The highest BCUT2D eigenvalue weighted by molar-refractivity contribution is 5.97. The third-order valence-corrected chi connectivity index (χ3v) is 9.37. The summed E-state index contributed by atoms with van der Waals surface area (Å²) in [5, 5.41) is 17.6. The van der Waals surface area contributed by atoms with Crippen LogP contribution in [-0.2, 0) is 36.8 Å². The number of hydrogen-bond donors (Lipinski definition) is 9. The number of carbonyl (C=O) groups excluding carboxylic acids is 5. The van der Waals surface area contributed by atoms with Crippen LogP contribution < -0.4 is 49.5 Å². The summed E-state index contributed by atoms with van der Waals surface area (Å²) in [7, 11) is 0. The van der Waals surface area contributed by atoms with Gasteiger partial charge in [0.1, 0.15) is 24.2 Å². The summed E-state index contributed by atoms with van der Waals surface area (Å²) in [6.07, 6.45) is 0.945. The number of rotatable bonds is 12. The van der Waals surface area contributed by atoms with E-state index in [9.17, 15) is 24.0 Å². The molecular formula is C40H49N11O5. The number of aliphatic imine (C=N–C) groups is 2. The van der Waals surface area contributed by atoms with Crippen molar-refractivity contribution in [2.75, 3.05) is 19.6 Å². The Balaban J connectivity index is 1.47. The van der Waals surface area contributed by atoms with E-state index >= 15 is 0 Å². The maximum Gasteiger partial charge on any atom is 0.243 e. The van der Waals surface area contributed by atoms with Gasteiger partial charge in [0.05, 0.1) is 6.54 Å². The van der Waals surface area contributed by atoms with E-state index in [1.807, 2.05) is 84.9 Å². The lowest BCUT2D eigenvalue weighted by Crippen LogP contribution is -2.58. The lowest BCUT2D eigenvalue weighted by molar-refractivity contribution is -0.134. The van der Waals surface area contributed by atoms with Crippen molar-refractivity contribution < 1.29 is 24.0 Å². The van der Waals surface area contributed by atoms with Crippen molar-refractivity contribution in [2.45, 2.75) is 62.7 Å². The van der Waals surface area contributed by atoms with Crippen molar-refractivity contribution in [2.24, 2.45) is 32.9 Å². The standard InChI is InChI=1S/C40H49N11O5/c41-39(42)45-17-5-11-30-36(54)49-31(12-6-18-46-40(43)44)37(55)51-32(21-24-13-15-26-7-1-3-9-28(26)19-24)35(53)47-23-34(52)48-33(38(56)50-30)22-25-14-16-27-8-2-4-10-29(27)20-25/h1-4,7-10,13-16,19-20,30-33H,5-6,11-12,17-18,21-23H2,(H,47,53)(H,48,52)(H,49,54)(H,50,56)(H,51,55)(H4,41,42,45)(H4,43,44,46)/t30-,31-,32-,33-/m0/s1. The highest BCUT2D eigenvalue weighted by Gasteiger charge is 2.32. The number of carbonyl (C=O) groups is 5. The zero-order chi connectivity index (χ0) is 40.0. The number of amides is 5. The van der Waals surface area contributed by atoms with Crippen LogP contribution >= 0.6 is 0 Å². The maximum absolute atomic E-state index is 14.0. The molecule has 4 aromatic rings. The monoisotopic (exact) mass is 763 g/mol. The molecule has 0 aromatic heterocycles. The summed E-state index contributed by atoms with van der Waals surface area (Å²) in [4.78, 5) is 77.2. The molecule has 0 spiro atoms. The average molecular weight is 764 g/mol. The quantitative estimate of drug-likeness (QED) is 0.0531. The van der Waals surface area contributed by atoms with Gasteiger partial charge in [-0.2, -0.15) is 0 Å². The molecule has 0 unspecified atom stereocenters. The Morgan fingerprint density at radius 2 is 0.929 bits per heavy atom. The number of nitrogens with zero attached hydrogens (tertiary/aromatic N) is 2. The first-order chi connectivity index (χ1) is 26.9. The van der Waals surface area contributed by atoms with Crippen LogP contribution in [0, 0.1) is 0 Å². The summed E-state index contributed by atoms with van der Waals surface area (Å²) in [5.41, 5.74) is 23.5. The van der Waals surface area contributed by atoms with Gasteiger partial charge in [0, 0.05) is 25.9 Å². The first kappa shape index (κ1) is 40.5. The fourth-order valence-corrected chi connectivity index (χ4v) is 6.52. The Labute approximate surface area is 324 Å². The zero-order valence-electron chi connectivity index (χ0n) is 31.0. The summed E-state index contributed by atoms with van der Waals surface area (Å²) >= 11 is 0. The number of nitrogens with one attached hydrogen (secondary N) is 5. The molecule has 56 heavy (non-hydrogen) atoms. The molecule has 1 saturated heterocycles. The normalized spacial score (nSPS) is 19.7. The SMILES string of the molecule is NC(N)=NCCC[C@@H]1NC(=O)[C@H](Cc2ccc3ccccc3c2)NC(=O)CNC(=O)[C@H](Cc2ccc3ccccc3c2)NC(=O)[C@H](CCCN=C(N)N)NC1=O. The van der Waals surface area contributed by atoms with E-state index in [0.29, 0.717) is 12.8 Å². The Hall–Kier alpha value is -6.71. The van der Waals surface area contributed by atoms with E-state index < -0.39 is 60.2 Å². The van der Waals surface area contributed by atoms with Crippen LogP contribution in [0.2, 0.25) is 0 Å². The Morgan fingerprint density at radius 3 is 1.39 bits per heavy atom. The van der Waals surface area contributed by atoms with Crippen LogP contribution in [0.5, 0.6) is 0 Å². The Bertz CT molecular complexity index is 2010. The van der Waals surface area contributed by atoms with Crippen LogP contribution in [0.1, 0.15) is 36.8 Å². The second-order valence-electron chi connectivity index (χ2n) is 13.7.